The summed E-state index contributed by atoms with van der Waals surface area (Å²) in [4.78, 5) is 18.9. The first kappa shape index (κ1) is 26.8. The first-order chi connectivity index (χ1) is 18.2. The van der Waals surface area contributed by atoms with Crippen LogP contribution < -0.4 is 0 Å². The van der Waals surface area contributed by atoms with Crippen LogP contribution in [0.5, 0.6) is 0 Å². The number of pyridine rings is 1. The zero-order valence-electron chi connectivity index (χ0n) is 22.3. The van der Waals surface area contributed by atoms with Crippen molar-refractivity contribution in [3.8, 4) is 0 Å². The Morgan fingerprint density at radius 3 is 2.71 bits per heavy atom. The predicted molar refractivity (Wildman–Crippen MR) is 151 cm³/mol. The van der Waals surface area contributed by atoms with Crippen molar-refractivity contribution >= 4 is 23.1 Å². The normalized spacial score (nSPS) is 20.3. The Morgan fingerprint density at radius 1 is 1.18 bits per heavy atom. The largest absolute Gasteiger partial charge is 0.481 e. The van der Waals surface area contributed by atoms with Gasteiger partial charge in [-0.1, -0.05) is 47.0 Å². The summed E-state index contributed by atoms with van der Waals surface area (Å²) in [7, 11) is 0. The second-order valence-electron chi connectivity index (χ2n) is 11.3. The molecule has 200 valence electrons. The smallest absolute Gasteiger partial charge is 0.313 e. The molecule has 2 aliphatic carbocycles. The van der Waals surface area contributed by atoms with Crippen molar-refractivity contribution in [2.24, 2.45) is 5.92 Å². The third-order valence-electron chi connectivity index (χ3n) is 8.57. The summed E-state index contributed by atoms with van der Waals surface area (Å²) in [5.41, 5.74) is 6.93. The minimum absolute atomic E-state index is 0.312. The lowest BCUT2D eigenvalue weighted by Crippen LogP contribution is -2.32. The van der Waals surface area contributed by atoms with Gasteiger partial charge in [0.1, 0.15) is 5.82 Å². The summed E-state index contributed by atoms with van der Waals surface area (Å²) in [6.07, 6.45) is 12.8. The number of likely N-dealkylation sites (tertiary alicyclic amines) is 1. The molecular formula is C32H36ClFN2O2. The number of fused-ring (bicyclic) bond motifs is 2. The number of aromatic nitrogens is 1. The van der Waals surface area contributed by atoms with Crippen LogP contribution in [0.4, 0.5) is 4.39 Å². The van der Waals surface area contributed by atoms with Crippen LogP contribution in [0.1, 0.15) is 68.3 Å². The molecule has 0 amide bonds. The standard InChI is InChI=1S/C32H36ClFN2O2/c1-32(2,31(37)38)25-10-9-21(28(34)20-25)6-4-16-36-17-13-22(14-18-36)29-27-12-11-26(33)19-24(27)8-7-23-5-3-15-35-30(23)29/h3,5,9-11,15,19-20,27H,4,6-8,12-14,16-18H2,1-2H3,(H,37,38). The van der Waals surface area contributed by atoms with Crippen molar-refractivity contribution < 1.29 is 14.3 Å². The van der Waals surface area contributed by atoms with Crippen molar-refractivity contribution in [3.05, 3.63) is 93.1 Å². The van der Waals surface area contributed by atoms with Crippen LogP contribution in [-0.2, 0) is 23.1 Å². The topological polar surface area (TPSA) is 53.4 Å². The van der Waals surface area contributed by atoms with Gasteiger partial charge in [-0.25, -0.2) is 4.39 Å². The maximum atomic E-state index is 14.7. The van der Waals surface area contributed by atoms with Crippen molar-refractivity contribution in [1.29, 1.82) is 0 Å². The van der Waals surface area contributed by atoms with Gasteiger partial charge in [0.15, 0.2) is 0 Å². The molecule has 5 rings (SSSR count). The van der Waals surface area contributed by atoms with Crippen LogP contribution in [-0.4, -0.2) is 40.6 Å². The number of carboxylic acid groups (broad SMARTS) is 1. The first-order valence-corrected chi connectivity index (χ1v) is 14.1. The van der Waals surface area contributed by atoms with Gasteiger partial charge in [-0.15, -0.1) is 0 Å². The summed E-state index contributed by atoms with van der Waals surface area (Å²) in [6.45, 7) is 6.12. The van der Waals surface area contributed by atoms with E-state index in [-0.39, 0.29) is 5.82 Å². The van der Waals surface area contributed by atoms with Crippen LogP contribution >= 0.6 is 11.6 Å². The number of halogens is 2. The summed E-state index contributed by atoms with van der Waals surface area (Å²) in [5, 5.41) is 10.3. The molecule has 1 aromatic carbocycles. The van der Waals surface area contributed by atoms with Gasteiger partial charge in [0.05, 0.1) is 11.1 Å². The van der Waals surface area contributed by atoms with Gasteiger partial charge in [0.25, 0.3) is 0 Å². The maximum absolute atomic E-state index is 14.7. The summed E-state index contributed by atoms with van der Waals surface area (Å²) in [6, 6.07) is 9.15. The van der Waals surface area contributed by atoms with E-state index in [1.165, 1.54) is 34.0 Å². The number of nitrogens with zero attached hydrogens (tertiary/aromatic N) is 2. The molecule has 1 fully saturated rings. The lowest BCUT2D eigenvalue weighted by molar-refractivity contribution is -0.142. The van der Waals surface area contributed by atoms with Gasteiger partial charge >= 0.3 is 5.97 Å². The molecule has 1 N–H and O–H groups in total. The van der Waals surface area contributed by atoms with E-state index >= 15 is 0 Å². The molecule has 1 unspecified atom stereocenters. The minimum atomic E-state index is -1.11. The van der Waals surface area contributed by atoms with E-state index in [1.54, 1.807) is 26.0 Å². The highest BCUT2D eigenvalue weighted by Gasteiger charge is 2.32. The van der Waals surface area contributed by atoms with Crippen molar-refractivity contribution in [1.82, 2.24) is 9.88 Å². The third-order valence-corrected chi connectivity index (χ3v) is 8.83. The van der Waals surface area contributed by atoms with Crippen molar-refractivity contribution in [2.45, 2.75) is 64.2 Å². The molecule has 1 atom stereocenters. The highest BCUT2D eigenvalue weighted by Crippen LogP contribution is 2.45. The molecular weight excluding hydrogens is 499 g/mol. The van der Waals surface area contributed by atoms with Gasteiger partial charge in [0, 0.05) is 30.2 Å². The quantitative estimate of drug-likeness (QED) is 0.430. The molecule has 0 spiro atoms. The molecule has 2 aromatic rings. The number of piperidine rings is 1. The van der Waals surface area contributed by atoms with Crippen molar-refractivity contribution in [3.63, 3.8) is 0 Å². The fraction of sp³-hybridized carbons (Fsp3) is 0.438. The molecule has 1 aromatic heterocycles. The maximum Gasteiger partial charge on any atom is 0.313 e. The van der Waals surface area contributed by atoms with Crippen LogP contribution in [0, 0.1) is 11.7 Å². The molecule has 6 heteroatoms. The number of carbonyl (C=O) groups is 1. The van der Waals surface area contributed by atoms with Gasteiger partial charge in [0.2, 0.25) is 0 Å². The molecule has 1 aliphatic heterocycles. The third kappa shape index (κ3) is 5.50. The molecule has 4 nitrogen and oxygen atoms in total. The van der Waals surface area contributed by atoms with Gasteiger partial charge in [-0.2, -0.15) is 0 Å². The number of carboxylic acids is 1. The Hall–Kier alpha value is -2.76. The summed E-state index contributed by atoms with van der Waals surface area (Å²) in [5.74, 6) is -0.900. The zero-order chi connectivity index (χ0) is 26.9. The number of aryl methyl sites for hydroxylation is 2. The van der Waals surface area contributed by atoms with E-state index in [2.05, 4.69) is 23.1 Å². The molecule has 3 aliphatic rings. The number of hydrogen-bond donors (Lipinski definition) is 1. The second-order valence-corrected chi connectivity index (χ2v) is 11.7. The molecule has 0 saturated carbocycles. The molecule has 2 heterocycles. The number of aliphatic carboxylic acids is 1. The van der Waals surface area contributed by atoms with Gasteiger partial charge in [-0.3, -0.25) is 9.78 Å². The average Bonchev–Trinajstić information content (AvgIpc) is 3.06. The highest BCUT2D eigenvalue weighted by molar-refractivity contribution is 6.31. The van der Waals surface area contributed by atoms with Gasteiger partial charge in [-0.05, 0) is 106 Å². The van der Waals surface area contributed by atoms with E-state index in [0.717, 1.165) is 63.2 Å². The van der Waals surface area contributed by atoms with Crippen molar-refractivity contribution in [2.75, 3.05) is 19.6 Å². The fourth-order valence-corrected chi connectivity index (χ4v) is 6.31. The Kier molecular flexibility index (Phi) is 7.88. The highest BCUT2D eigenvalue weighted by atomic mass is 35.5. The molecule has 1 saturated heterocycles. The van der Waals surface area contributed by atoms with E-state index in [0.29, 0.717) is 23.5 Å². The monoisotopic (exact) mass is 534 g/mol. The predicted octanol–water partition coefficient (Wildman–Crippen LogP) is 7.08. The number of hydrogen-bond acceptors (Lipinski definition) is 3. The second kappa shape index (κ2) is 11.2. The average molecular weight is 535 g/mol. The number of rotatable bonds is 6. The van der Waals surface area contributed by atoms with Crippen LogP contribution in [0.3, 0.4) is 0 Å². The van der Waals surface area contributed by atoms with Crippen LogP contribution in [0.25, 0.3) is 5.57 Å². The SMILES string of the molecule is CC(C)(C(=O)O)c1ccc(CCCN2CCC(=C3c4ncccc4CCC4=CC(Cl)=CCC43)CC2)c(F)c1. The fourth-order valence-electron chi connectivity index (χ4n) is 6.08. The van der Waals surface area contributed by atoms with E-state index in [4.69, 9.17) is 16.6 Å². The Bertz CT molecular complexity index is 1320. The Morgan fingerprint density at radius 2 is 1.97 bits per heavy atom. The van der Waals surface area contributed by atoms with Gasteiger partial charge < -0.3 is 10.0 Å². The Balaban J connectivity index is 1.24. The minimum Gasteiger partial charge on any atom is -0.481 e. The first-order valence-electron chi connectivity index (χ1n) is 13.7. The molecule has 0 radical (unpaired) electrons. The number of benzene rings is 1. The van der Waals surface area contributed by atoms with E-state index < -0.39 is 11.4 Å². The number of allylic oxidation sites excluding steroid dienone is 5. The van der Waals surface area contributed by atoms with E-state index in [9.17, 15) is 14.3 Å². The Labute approximate surface area is 229 Å². The van der Waals surface area contributed by atoms with E-state index in [1.807, 2.05) is 12.3 Å². The summed E-state index contributed by atoms with van der Waals surface area (Å²) < 4.78 is 14.7. The van der Waals surface area contributed by atoms with Crippen LogP contribution in [0.15, 0.2) is 64.9 Å². The lowest BCUT2D eigenvalue weighted by Gasteiger charge is -2.32. The van der Waals surface area contributed by atoms with Crippen LogP contribution in [0.2, 0.25) is 0 Å². The summed E-state index contributed by atoms with van der Waals surface area (Å²) >= 11 is 6.40. The lowest BCUT2D eigenvalue weighted by atomic mass is 9.79. The molecule has 38 heavy (non-hydrogen) atoms. The molecule has 0 bridgehead atoms. The zero-order valence-corrected chi connectivity index (χ0v) is 23.0.